The molecule has 0 aromatic heterocycles. The van der Waals surface area contributed by atoms with Crippen molar-refractivity contribution in [3.8, 4) is 0 Å². The monoisotopic (exact) mass is 331 g/mol. The predicted molar refractivity (Wildman–Crippen MR) is 73.8 cm³/mol. The number of anilines is 1. The van der Waals surface area contributed by atoms with Crippen LogP contribution in [-0.2, 0) is 9.59 Å². The summed E-state index contributed by atoms with van der Waals surface area (Å²) in [6.07, 6.45) is 0. The van der Waals surface area contributed by atoms with Crippen molar-refractivity contribution in [2.45, 2.75) is 13.8 Å². The Morgan fingerprint density at radius 1 is 1.28 bits per heavy atom. The fourth-order valence-electron chi connectivity index (χ4n) is 1.14. The molecule has 1 aromatic carbocycles. The minimum Gasteiger partial charge on any atom is -0.478 e. The quantitative estimate of drug-likeness (QED) is 0.833. The number of carboxylic acids is 1. The van der Waals surface area contributed by atoms with Crippen molar-refractivity contribution in [3.63, 3.8) is 0 Å². The SMILES string of the molecule is CC(C(=O)O)=C(C)C(=O)Nc1ccc(Br)cc1Cl. The van der Waals surface area contributed by atoms with Gasteiger partial charge in [-0.2, -0.15) is 0 Å². The first kappa shape index (κ1) is 14.7. The van der Waals surface area contributed by atoms with Crippen molar-refractivity contribution < 1.29 is 14.7 Å². The lowest BCUT2D eigenvalue weighted by molar-refractivity contribution is -0.133. The average molecular weight is 333 g/mol. The standard InChI is InChI=1S/C12H11BrClNO3/c1-6(7(2)12(17)18)11(16)15-10-4-3-8(13)5-9(10)14/h3-5H,1-2H3,(H,15,16)(H,17,18). The Balaban J connectivity index is 2.95. The van der Waals surface area contributed by atoms with Gasteiger partial charge in [0.1, 0.15) is 0 Å². The second-order valence-corrected chi connectivity index (χ2v) is 4.96. The van der Waals surface area contributed by atoms with Gasteiger partial charge < -0.3 is 10.4 Å². The second-order valence-electron chi connectivity index (χ2n) is 3.63. The molecule has 18 heavy (non-hydrogen) atoms. The summed E-state index contributed by atoms with van der Waals surface area (Å²) >= 11 is 9.19. The number of halogens is 2. The van der Waals surface area contributed by atoms with E-state index < -0.39 is 11.9 Å². The van der Waals surface area contributed by atoms with Gasteiger partial charge in [0.05, 0.1) is 10.7 Å². The summed E-state index contributed by atoms with van der Waals surface area (Å²) in [6.45, 7) is 2.83. The van der Waals surface area contributed by atoms with Gasteiger partial charge in [-0.3, -0.25) is 4.79 Å². The highest BCUT2D eigenvalue weighted by Gasteiger charge is 2.13. The topological polar surface area (TPSA) is 66.4 Å². The van der Waals surface area contributed by atoms with Crippen LogP contribution in [0.15, 0.2) is 33.8 Å². The zero-order valence-electron chi connectivity index (χ0n) is 9.75. The van der Waals surface area contributed by atoms with Gasteiger partial charge in [-0.05, 0) is 32.0 Å². The number of rotatable bonds is 3. The molecule has 0 saturated heterocycles. The van der Waals surface area contributed by atoms with E-state index in [1.54, 1.807) is 18.2 Å². The van der Waals surface area contributed by atoms with Gasteiger partial charge in [0.25, 0.3) is 5.91 Å². The first-order chi connectivity index (χ1) is 8.32. The maximum atomic E-state index is 11.8. The van der Waals surface area contributed by atoms with Crippen LogP contribution in [0.2, 0.25) is 5.02 Å². The third-order valence-corrected chi connectivity index (χ3v) is 3.21. The summed E-state index contributed by atoms with van der Waals surface area (Å²) in [6, 6.07) is 5.00. The first-order valence-electron chi connectivity index (χ1n) is 5.00. The number of aliphatic carboxylic acids is 1. The van der Waals surface area contributed by atoms with E-state index in [2.05, 4.69) is 21.2 Å². The molecule has 0 unspecified atom stereocenters. The number of carbonyl (C=O) groups is 2. The van der Waals surface area contributed by atoms with Crippen LogP contribution in [0.5, 0.6) is 0 Å². The molecule has 4 nitrogen and oxygen atoms in total. The third-order valence-electron chi connectivity index (χ3n) is 2.40. The highest BCUT2D eigenvalue weighted by atomic mass is 79.9. The second kappa shape index (κ2) is 6.02. The maximum absolute atomic E-state index is 11.8. The highest BCUT2D eigenvalue weighted by Crippen LogP contribution is 2.26. The minimum atomic E-state index is -1.12. The molecule has 0 saturated carbocycles. The first-order valence-corrected chi connectivity index (χ1v) is 6.17. The van der Waals surface area contributed by atoms with E-state index in [0.29, 0.717) is 10.7 Å². The molecular weight excluding hydrogens is 321 g/mol. The molecule has 0 aliphatic carbocycles. The Kier molecular flexibility index (Phi) is 4.93. The van der Waals surface area contributed by atoms with Crippen LogP contribution in [0.4, 0.5) is 5.69 Å². The molecule has 6 heteroatoms. The lowest BCUT2D eigenvalue weighted by Crippen LogP contribution is -2.16. The Labute approximate surface area is 118 Å². The van der Waals surface area contributed by atoms with Crippen LogP contribution < -0.4 is 5.32 Å². The number of amides is 1. The third kappa shape index (κ3) is 3.58. The van der Waals surface area contributed by atoms with Crippen molar-refractivity contribution >= 4 is 45.1 Å². The largest absolute Gasteiger partial charge is 0.478 e. The summed E-state index contributed by atoms with van der Waals surface area (Å²) in [5.41, 5.74) is 0.574. The van der Waals surface area contributed by atoms with Crippen LogP contribution in [-0.4, -0.2) is 17.0 Å². The molecule has 0 spiro atoms. The van der Waals surface area contributed by atoms with E-state index in [1.165, 1.54) is 13.8 Å². The molecule has 96 valence electrons. The van der Waals surface area contributed by atoms with Gasteiger partial charge in [-0.25, -0.2) is 4.79 Å². The van der Waals surface area contributed by atoms with Crippen molar-refractivity contribution in [2.75, 3.05) is 5.32 Å². The molecule has 0 heterocycles. The molecule has 0 aliphatic rings. The van der Waals surface area contributed by atoms with E-state index >= 15 is 0 Å². The molecule has 0 aliphatic heterocycles. The number of benzene rings is 1. The Bertz CT molecular complexity index is 540. The van der Waals surface area contributed by atoms with Crippen molar-refractivity contribution in [1.82, 2.24) is 0 Å². The Morgan fingerprint density at radius 3 is 2.39 bits per heavy atom. The van der Waals surface area contributed by atoms with Crippen LogP contribution in [0.25, 0.3) is 0 Å². The fraction of sp³-hybridized carbons (Fsp3) is 0.167. The zero-order chi connectivity index (χ0) is 13.9. The highest BCUT2D eigenvalue weighted by molar-refractivity contribution is 9.10. The molecule has 0 atom stereocenters. The van der Waals surface area contributed by atoms with Gasteiger partial charge in [0, 0.05) is 15.6 Å². The maximum Gasteiger partial charge on any atom is 0.331 e. The number of hydrogen-bond donors (Lipinski definition) is 2. The Morgan fingerprint density at radius 2 is 1.89 bits per heavy atom. The molecule has 1 aromatic rings. The lowest BCUT2D eigenvalue weighted by Gasteiger charge is -2.08. The van der Waals surface area contributed by atoms with E-state index in [-0.39, 0.29) is 11.1 Å². The van der Waals surface area contributed by atoms with Crippen LogP contribution in [0.1, 0.15) is 13.8 Å². The predicted octanol–water partition coefficient (Wildman–Crippen LogP) is 3.46. The van der Waals surface area contributed by atoms with E-state index in [0.717, 1.165) is 4.47 Å². The van der Waals surface area contributed by atoms with E-state index in [4.69, 9.17) is 16.7 Å². The molecule has 2 N–H and O–H groups in total. The van der Waals surface area contributed by atoms with Gasteiger partial charge in [0.2, 0.25) is 0 Å². The molecule has 1 amide bonds. The summed E-state index contributed by atoms with van der Waals surface area (Å²) in [5.74, 6) is -1.61. The van der Waals surface area contributed by atoms with E-state index in [9.17, 15) is 9.59 Å². The number of hydrogen-bond acceptors (Lipinski definition) is 2. The molecule has 0 fully saturated rings. The number of nitrogens with one attached hydrogen (secondary N) is 1. The summed E-state index contributed by atoms with van der Waals surface area (Å²) < 4.78 is 0.791. The minimum absolute atomic E-state index is 0.000680. The number of carboxylic acid groups (broad SMARTS) is 1. The molecule has 0 bridgehead atoms. The lowest BCUT2D eigenvalue weighted by atomic mass is 10.1. The smallest absolute Gasteiger partial charge is 0.331 e. The van der Waals surface area contributed by atoms with Crippen LogP contribution in [0, 0.1) is 0 Å². The Hall–Kier alpha value is -1.33. The summed E-state index contributed by atoms with van der Waals surface area (Å²) in [5, 5.41) is 11.7. The number of carbonyl (C=O) groups excluding carboxylic acids is 1. The van der Waals surface area contributed by atoms with E-state index in [1.807, 2.05) is 0 Å². The molecule has 1 rings (SSSR count). The van der Waals surface area contributed by atoms with Crippen LogP contribution >= 0.6 is 27.5 Å². The normalized spacial score (nSPS) is 11.8. The summed E-state index contributed by atoms with van der Waals surface area (Å²) in [4.78, 5) is 22.5. The average Bonchev–Trinajstić information content (AvgIpc) is 2.30. The van der Waals surface area contributed by atoms with Crippen molar-refractivity contribution in [1.29, 1.82) is 0 Å². The van der Waals surface area contributed by atoms with Gasteiger partial charge >= 0.3 is 5.97 Å². The van der Waals surface area contributed by atoms with Gasteiger partial charge in [-0.15, -0.1) is 0 Å². The van der Waals surface area contributed by atoms with Crippen LogP contribution in [0.3, 0.4) is 0 Å². The summed E-state index contributed by atoms with van der Waals surface area (Å²) in [7, 11) is 0. The fourth-order valence-corrected chi connectivity index (χ4v) is 1.86. The van der Waals surface area contributed by atoms with Gasteiger partial charge in [-0.1, -0.05) is 27.5 Å². The van der Waals surface area contributed by atoms with Crippen molar-refractivity contribution in [3.05, 3.63) is 38.8 Å². The molecular formula is C12H11BrClNO3. The molecule has 0 radical (unpaired) electrons. The zero-order valence-corrected chi connectivity index (χ0v) is 12.1. The van der Waals surface area contributed by atoms with Crippen molar-refractivity contribution in [2.24, 2.45) is 0 Å². The van der Waals surface area contributed by atoms with Gasteiger partial charge in [0.15, 0.2) is 0 Å².